The van der Waals surface area contributed by atoms with E-state index in [0.29, 0.717) is 17.8 Å². The highest BCUT2D eigenvalue weighted by molar-refractivity contribution is 5.81. The van der Waals surface area contributed by atoms with Crippen molar-refractivity contribution in [3.8, 4) is 5.75 Å². The Morgan fingerprint density at radius 3 is 2.91 bits per heavy atom. The molecule has 23 heavy (non-hydrogen) atoms. The molecular formula is C16H14F2N2O3. The van der Waals surface area contributed by atoms with Crippen LogP contribution in [0.3, 0.4) is 0 Å². The molecule has 0 saturated heterocycles. The average Bonchev–Trinajstić information content (AvgIpc) is 3.00. The first-order valence-corrected chi connectivity index (χ1v) is 7.08. The van der Waals surface area contributed by atoms with Crippen LogP contribution < -0.4 is 10.4 Å². The molecule has 0 radical (unpaired) electrons. The largest absolute Gasteiger partial charge is 0.486 e. The third kappa shape index (κ3) is 3.08. The fourth-order valence-electron chi connectivity index (χ4n) is 2.37. The minimum absolute atomic E-state index is 0.111. The van der Waals surface area contributed by atoms with Gasteiger partial charge in [0.2, 0.25) is 0 Å². The Hall–Kier alpha value is -2.70. The maximum atomic E-state index is 12.7. The molecule has 0 aliphatic carbocycles. The van der Waals surface area contributed by atoms with Crippen LogP contribution >= 0.6 is 0 Å². The highest BCUT2D eigenvalue weighted by atomic mass is 19.3. The average molecular weight is 320 g/mol. The van der Waals surface area contributed by atoms with E-state index < -0.39 is 12.2 Å². The monoisotopic (exact) mass is 320 g/mol. The highest BCUT2D eigenvalue weighted by Crippen LogP contribution is 2.24. The van der Waals surface area contributed by atoms with Gasteiger partial charge in [-0.2, -0.15) is 8.78 Å². The standard InChI is InChI=1S/C16H14F2N2O3/c1-2-10-7-15(21)23-13-8-11(3-4-12(10)13)22-9-14-19-5-6-20(14)16(17)18/h3-8,16H,2,9H2,1H3. The first kappa shape index (κ1) is 15.2. The summed E-state index contributed by atoms with van der Waals surface area (Å²) < 4.78 is 36.9. The zero-order chi connectivity index (χ0) is 16.4. The number of imidazole rings is 1. The number of benzene rings is 1. The first-order chi connectivity index (χ1) is 11.1. The van der Waals surface area contributed by atoms with Crippen molar-refractivity contribution in [3.63, 3.8) is 0 Å². The van der Waals surface area contributed by atoms with Crippen molar-refractivity contribution in [1.82, 2.24) is 9.55 Å². The molecular weight excluding hydrogens is 306 g/mol. The molecule has 0 amide bonds. The van der Waals surface area contributed by atoms with E-state index in [4.69, 9.17) is 9.15 Å². The van der Waals surface area contributed by atoms with Crippen LogP contribution in [0.15, 0.2) is 45.9 Å². The van der Waals surface area contributed by atoms with E-state index in [2.05, 4.69) is 4.98 Å². The van der Waals surface area contributed by atoms with Gasteiger partial charge in [-0.3, -0.25) is 4.57 Å². The van der Waals surface area contributed by atoms with Gasteiger partial charge in [0.25, 0.3) is 0 Å². The van der Waals surface area contributed by atoms with Gasteiger partial charge in [0.15, 0.2) is 5.82 Å². The molecule has 1 aromatic carbocycles. The van der Waals surface area contributed by atoms with Crippen LogP contribution in [0.2, 0.25) is 0 Å². The van der Waals surface area contributed by atoms with Gasteiger partial charge in [-0.15, -0.1) is 0 Å². The third-order valence-electron chi connectivity index (χ3n) is 3.51. The number of hydrogen-bond donors (Lipinski definition) is 0. The van der Waals surface area contributed by atoms with Crippen molar-refractivity contribution >= 4 is 11.0 Å². The van der Waals surface area contributed by atoms with Crippen molar-refractivity contribution in [2.75, 3.05) is 0 Å². The molecule has 0 bridgehead atoms. The number of aryl methyl sites for hydroxylation is 1. The molecule has 2 aromatic heterocycles. The summed E-state index contributed by atoms with van der Waals surface area (Å²) >= 11 is 0. The predicted molar refractivity (Wildman–Crippen MR) is 79.7 cm³/mol. The molecule has 0 atom stereocenters. The Bertz CT molecular complexity index is 886. The molecule has 0 saturated carbocycles. The van der Waals surface area contributed by atoms with E-state index in [1.165, 1.54) is 18.5 Å². The minimum Gasteiger partial charge on any atom is -0.486 e. The van der Waals surface area contributed by atoms with Gasteiger partial charge in [-0.05, 0) is 24.1 Å². The fraction of sp³-hybridized carbons (Fsp3) is 0.250. The van der Waals surface area contributed by atoms with Gasteiger partial charge in [-0.25, -0.2) is 9.78 Å². The van der Waals surface area contributed by atoms with Crippen molar-refractivity contribution in [2.45, 2.75) is 26.5 Å². The van der Waals surface area contributed by atoms with E-state index in [-0.39, 0.29) is 12.4 Å². The second-order valence-corrected chi connectivity index (χ2v) is 4.92. The maximum absolute atomic E-state index is 12.7. The van der Waals surface area contributed by atoms with Crippen LogP contribution in [0.4, 0.5) is 8.78 Å². The van der Waals surface area contributed by atoms with Crippen molar-refractivity contribution in [2.24, 2.45) is 0 Å². The highest BCUT2D eigenvalue weighted by Gasteiger charge is 2.12. The van der Waals surface area contributed by atoms with Gasteiger partial charge in [0.05, 0.1) is 0 Å². The summed E-state index contributed by atoms with van der Waals surface area (Å²) in [5.74, 6) is 0.529. The summed E-state index contributed by atoms with van der Waals surface area (Å²) in [4.78, 5) is 15.4. The number of rotatable bonds is 5. The molecule has 3 rings (SSSR count). The van der Waals surface area contributed by atoms with Crippen molar-refractivity contribution in [3.05, 3.63) is 58.5 Å². The molecule has 0 spiro atoms. The summed E-state index contributed by atoms with van der Waals surface area (Å²) in [7, 11) is 0. The van der Waals surface area contributed by atoms with Gasteiger partial charge in [0, 0.05) is 29.9 Å². The van der Waals surface area contributed by atoms with E-state index in [1.807, 2.05) is 6.92 Å². The number of halogens is 2. The number of hydrogen-bond acceptors (Lipinski definition) is 4. The van der Waals surface area contributed by atoms with Gasteiger partial charge in [0.1, 0.15) is 17.9 Å². The smallest absolute Gasteiger partial charge is 0.336 e. The van der Waals surface area contributed by atoms with Crippen molar-refractivity contribution in [1.29, 1.82) is 0 Å². The Labute approximate surface area is 130 Å². The zero-order valence-electron chi connectivity index (χ0n) is 12.3. The number of fused-ring (bicyclic) bond motifs is 1. The summed E-state index contributed by atoms with van der Waals surface area (Å²) in [5, 5.41) is 0.827. The van der Waals surface area contributed by atoms with Crippen LogP contribution in [-0.2, 0) is 13.0 Å². The minimum atomic E-state index is -2.67. The van der Waals surface area contributed by atoms with E-state index >= 15 is 0 Å². The lowest BCUT2D eigenvalue weighted by atomic mass is 10.1. The topological polar surface area (TPSA) is 57.3 Å². The third-order valence-corrected chi connectivity index (χ3v) is 3.51. The summed E-state index contributed by atoms with van der Waals surface area (Å²) in [6.07, 6.45) is 3.18. The lowest BCUT2D eigenvalue weighted by molar-refractivity contribution is 0.0632. The summed E-state index contributed by atoms with van der Waals surface area (Å²) in [5.41, 5.74) is 0.861. The maximum Gasteiger partial charge on any atom is 0.336 e. The van der Waals surface area contributed by atoms with E-state index in [9.17, 15) is 13.6 Å². The summed E-state index contributed by atoms with van der Waals surface area (Å²) in [6.45, 7) is -0.832. The van der Waals surface area contributed by atoms with Gasteiger partial charge < -0.3 is 9.15 Å². The predicted octanol–water partition coefficient (Wildman–Crippen LogP) is 3.53. The second-order valence-electron chi connectivity index (χ2n) is 4.92. The Balaban J connectivity index is 1.86. The molecule has 0 N–H and O–H groups in total. The summed E-state index contributed by atoms with van der Waals surface area (Å²) in [6, 6.07) is 6.52. The van der Waals surface area contributed by atoms with Crippen molar-refractivity contribution < 1.29 is 17.9 Å². The molecule has 120 valence electrons. The number of alkyl halides is 2. The van der Waals surface area contributed by atoms with Gasteiger partial charge in [-0.1, -0.05) is 6.92 Å². The van der Waals surface area contributed by atoms with Crippen LogP contribution in [-0.4, -0.2) is 9.55 Å². The molecule has 3 aromatic rings. The lowest BCUT2D eigenvalue weighted by Gasteiger charge is -2.09. The number of nitrogens with zero attached hydrogens (tertiary/aromatic N) is 2. The molecule has 0 aliphatic rings. The first-order valence-electron chi connectivity index (χ1n) is 7.08. The Morgan fingerprint density at radius 1 is 1.35 bits per heavy atom. The quantitative estimate of drug-likeness (QED) is 0.675. The lowest BCUT2D eigenvalue weighted by Crippen LogP contribution is -2.07. The molecule has 0 aliphatic heterocycles. The van der Waals surface area contributed by atoms with Gasteiger partial charge >= 0.3 is 12.2 Å². The molecule has 0 fully saturated rings. The van der Waals surface area contributed by atoms with E-state index in [1.54, 1.807) is 18.2 Å². The molecule has 0 unspecified atom stereocenters. The fourth-order valence-corrected chi connectivity index (χ4v) is 2.37. The normalized spacial score (nSPS) is 11.3. The van der Waals surface area contributed by atoms with Crippen LogP contribution in [0.5, 0.6) is 5.75 Å². The molecule has 2 heterocycles. The Kier molecular flexibility index (Phi) is 4.10. The van der Waals surface area contributed by atoms with E-state index in [0.717, 1.165) is 15.5 Å². The van der Waals surface area contributed by atoms with Crippen LogP contribution in [0.1, 0.15) is 24.9 Å². The molecule has 7 heteroatoms. The van der Waals surface area contributed by atoms with Crippen LogP contribution in [0, 0.1) is 0 Å². The molecule has 5 nitrogen and oxygen atoms in total. The second kappa shape index (κ2) is 6.20. The SMILES string of the molecule is CCc1cc(=O)oc2cc(OCc3nccn3C(F)F)ccc12. The Morgan fingerprint density at radius 2 is 2.17 bits per heavy atom. The number of aromatic nitrogens is 2. The zero-order valence-corrected chi connectivity index (χ0v) is 12.3. The number of ether oxygens (including phenoxy) is 1. The van der Waals surface area contributed by atoms with Crippen LogP contribution in [0.25, 0.3) is 11.0 Å².